The third kappa shape index (κ3) is 3.22. The molecule has 1 aromatic carbocycles. The SMILES string of the molecule is O=C1N=C(N2CCCCC2)S/C1=C/c1ccc(C(=O)O)cc1. The molecule has 2 aliphatic rings. The third-order valence-corrected chi connectivity index (χ3v) is 4.74. The van der Waals surface area contributed by atoms with Crippen molar-refractivity contribution < 1.29 is 14.7 Å². The van der Waals surface area contributed by atoms with Gasteiger partial charge in [0, 0.05) is 13.1 Å². The molecule has 1 aromatic rings. The van der Waals surface area contributed by atoms with Crippen molar-refractivity contribution in [2.24, 2.45) is 4.99 Å². The molecule has 1 saturated heterocycles. The van der Waals surface area contributed by atoms with Gasteiger partial charge in [0.2, 0.25) is 0 Å². The third-order valence-electron chi connectivity index (χ3n) is 3.69. The number of nitrogens with zero attached hydrogens (tertiary/aromatic N) is 2. The number of carbonyl (C=O) groups excluding carboxylic acids is 1. The van der Waals surface area contributed by atoms with Crippen LogP contribution in [0.5, 0.6) is 0 Å². The van der Waals surface area contributed by atoms with Gasteiger partial charge < -0.3 is 10.0 Å². The molecule has 0 spiro atoms. The number of thioether (sulfide) groups is 1. The lowest BCUT2D eigenvalue weighted by atomic mass is 10.1. The molecule has 3 rings (SSSR count). The van der Waals surface area contributed by atoms with E-state index in [4.69, 9.17) is 5.11 Å². The molecule has 0 aromatic heterocycles. The summed E-state index contributed by atoms with van der Waals surface area (Å²) in [5.74, 6) is -1.17. The number of benzene rings is 1. The molecule has 114 valence electrons. The van der Waals surface area contributed by atoms with Crippen molar-refractivity contribution in [1.82, 2.24) is 4.90 Å². The predicted octanol–water partition coefficient (Wildman–Crippen LogP) is 2.84. The maximum Gasteiger partial charge on any atom is 0.335 e. The zero-order chi connectivity index (χ0) is 15.5. The maximum atomic E-state index is 12.0. The Hall–Kier alpha value is -2.08. The first kappa shape index (κ1) is 14.8. The van der Waals surface area contributed by atoms with Crippen LogP contribution in [0.4, 0.5) is 0 Å². The summed E-state index contributed by atoms with van der Waals surface area (Å²) >= 11 is 1.40. The number of aromatic carboxylic acids is 1. The van der Waals surface area contributed by atoms with Gasteiger partial charge in [-0.3, -0.25) is 4.79 Å². The number of carboxylic acids is 1. The second-order valence-corrected chi connectivity index (χ2v) is 6.29. The lowest BCUT2D eigenvalue weighted by molar-refractivity contribution is -0.113. The highest BCUT2D eigenvalue weighted by molar-refractivity contribution is 8.18. The number of hydrogen-bond acceptors (Lipinski definition) is 4. The number of aliphatic imine (C=N–C) groups is 1. The topological polar surface area (TPSA) is 70.0 Å². The van der Waals surface area contributed by atoms with Crippen LogP contribution in [0.2, 0.25) is 0 Å². The largest absolute Gasteiger partial charge is 0.478 e. The fourth-order valence-corrected chi connectivity index (χ4v) is 3.46. The normalized spacial score (nSPS) is 20.4. The molecule has 2 aliphatic heterocycles. The zero-order valence-corrected chi connectivity index (χ0v) is 12.8. The molecule has 5 nitrogen and oxygen atoms in total. The Morgan fingerprint density at radius 1 is 1.18 bits per heavy atom. The molecule has 0 radical (unpaired) electrons. The molecule has 0 saturated carbocycles. The number of carboxylic acid groups (broad SMARTS) is 1. The van der Waals surface area contributed by atoms with Gasteiger partial charge in [-0.25, -0.2) is 4.79 Å². The lowest BCUT2D eigenvalue weighted by Crippen LogP contribution is -2.33. The van der Waals surface area contributed by atoms with Crippen LogP contribution in [0.3, 0.4) is 0 Å². The van der Waals surface area contributed by atoms with E-state index in [0.717, 1.165) is 36.7 Å². The fourth-order valence-electron chi connectivity index (χ4n) is 2.49. The highest BCUT2D eigenvalue weighted by atomic mass is 32.2. The van der Waals surface area contributed by atoms with E-state index in [-0.39, 0.29) is 11.5 Å². The molecule has 0 atom stereocenters. The van der Waals surface area contributed by atoms with Crippen LogP contribution >= 0.6 is 11.8 Å². The van der Waals surface area contributed by atoms with Gasteiger partial charge in [0.15, 0.2) is 5.17 Å². The van der Waals surface area contributed by atoms with Crippen LogP contribution in [0.15, 0.2) is 34.2 Å². The number of carbonyl (C=O) groups is 2. The predicted molar refractivity (Wildman–Crippen MR) is 86.8 cm³/mol. The number of hydrogen-bond donors (Lipinski definition) is 1. The summed E-state index contributed by atoms with van der Waals surface area (Å²) in [6.45, 7) is 1.92. The Labute approximate surface area is 132 Å². The minimum absolute atomic E-state index is 0.215. The van der Waals surface area contributed by atoms with Gasteiger partial charge in [0.1, 0.15) is 0 Å². The van der Waals surface area contributed by atoms with Crippen molar-refractivity contribution >= 4 is 34.9 Å². The van der Waals surface area contributed by atoms with Gasteiger partial charge >= 0.3 is 5.97 Å². The first-order valence-electron chi connectivity index (χ1n) is 7.24. The van der Waals surface area contributed by atoms with Crippen LogP contribution in [0, 0.1) is 0 Å². The Morgan fingerprint density at radius 2 is 1.86 bits per heavy atom. The van der Waals surface area contributed by atoms with Crippen LogP contribution in [-0.2, 0) is 4.79 Å². The van der Waals surface area contributed by atoms with Crippen molar-refractivity contribution in [2.75, 3.05) is 13.1 Å². The van der Waals surface area contributed by atoms with E-state index in [1.165, 1.54) is 30.3 Å². The summed E-state index contributed by atoms with van der Waals surface area (Å²) in [4.78, 5) is 29.7. The van der Waals surface area contributed by atoms with Crippen molar-refractivity contribution in [1.29, 1.82) is 0 Å². The Balaban J connectivity index is 1.73. The van der Waals surface area contributed by atoms with Gasteiger partial charge in [0.05, 0.1) is 10.5 Å². The molecular weight excluding hydrogens is 300 g/mol. The average Bonchev–Trinajstić information content (AvgIpc) is 2.90. The highest BCUT2D eigenvalue weighted by Gasteiger charge is 2.26. The number of rotatable bonds is 2. The molecular formula is C16H16N2O3S. The van der Waals surface area contributed by atoms with E-state index in [2.05, 4.69) is 9.89 Å². The fraction of sp³-hybridized carbons (Fsp3) is 0.312. The first-order chi connectivity index (χ1) is 10.6. The van der Waals surface area contributed by atoms with E-state index in [1.807, 2.05) is 0 Å². The van der Waals surface area contributed by atoms with E-state index >= 15 is 0 Å². The van der Waals surface area contributed by atoms with E-state index in [9.17, 15) is 9.59 Å². The molecule has 0 unspecified atom stereocenters. The Morgan fingerprint density at radius 3 is 2.50 bits per heavy atom. The van der Waals surface area contributed by atoms with Crippen molar-refractivity contribution in [3.8, 4) is 0 Å². The quantitative estimate of drug-likeness (QED) is 0.850. The molecule has 6 heteroatoms. The first-order valence-corrected chi connectivity index (χ1v) is 8.06. The van der Waals surface area contributed by atoms with E-state index in [1.54, 1.807) is 18.2 Å². The molecule has 0 aliphatic carbocycles. The van der Waals surface area contributed by atoms with Gasteiger partial charge in [-0.05, 0) is 54.8 Å². The number of piperidine rings is 1. The maximum absolute atomic E-state index is 12.0. The lowest BCUT2D eigenvalue weighted by Gasteiger charge is -2.27. The minimum Gasteiger partial charge on any atom is -0.478 e. The van der Waals surface area contributed by atoms with Gasteiger partial charge in [-0.2, -0.15) is 4.99 Å². The van der Waals surface area contributed by atoms with E-state index in [0.29, 0.717) is 4.91 Å². The molecule has 1 amide bonds. The van der Waals surface area contributed by atoms with Crippen molar-refractivity contribution in [2.45, 2.75) is 19.3 Å². The molecule has 0 bridgehead atoms. The van der Waals surface area contributed by atoms with E-state index < -0.39 is 5.97 Å². The molecule has 2 heterocycles. The molecule has 1 fully saturated rings. The van der Waals surface area contributed by atoms with Crippen LogP contribution < -0.4 is 0 Å². The standard InChI is InChI=1S/C16H16N2O3S/c19-14-13(10-11-4-6-12(7-5-11)15(20)21)22-16(17-14)18-8-2-1-3-9-18/h4-7,10H,1-3,8-9H2,(H,20,21)/b13-10+. The summed E-state index contributed by atoms with van der Waals surface area (Å²) in [5.41, 5.74) is 1.04. The Bertz CT molecular complexity index is 658. The number of likely N-dealkylation sites (tertiary alicyclic amines) is 1. The van der Waals surface area contributed by atoms with Crippen molar-refractivity contribution in [3.05, 3.63) is 40.3 Å². The summed E-state index contributed by atoms with van der Waals surface area (Å²) < 4.78 is 0. The minimum atomic E-state index is -0.957. The summed E-state index contributed by atoms with van der Waals surface area (Å²) in [6.07, 6.45) is 5.28. The zero-order valence-electron chi connectivity index (χ0n) is 12.0. The van der Waals surface area contributed by atoms with Gasteiger partial charge in [-0.15, -0.1) is 0 Å². The number of amidine groups is 1. The second-order valence-electron chi connectivity index (χ2n) is 5.29. The van der Waals surface area contributed by atoms with Crippen LogP contribution in [0.1, 0.15) is 35.2 Å². The monoisotopic (exact) mass is 316 g/mol. The summed E-state index contributed by atoms with van der Waals surface area (Å²) in [7, 11) is 0. The smallest absolute Gasteiger partial charge is 0.335 e. The van der Waals surface area contributed by atoms with Gasteiger partial charge in [0.25, 0.3) is 5.91 Å². The second kappa shape index (κ2) is 6.36. The molecule has 22 heavy (non-hydrogen) atoms. The average molecular weight is 316 g/mol. The van der Waals surface area contributed by atoms with Crippen LogP contribution in [0.25, 0.3) is 6.08 Å². The Kier molecular flexibility index (Phi) is 4.29. The van der Waals surface area contributed by atoms with Gasteiger partial charge in [-0.1, -0.05) is 12.1 Å². The van der Waals surface area contributed by atoms with Crippen LogP contribution in [-0.4, -0.2) is 40.1 Å². The number of amides is 1. The summed E-state index contributed by atoms with van der Waals surface area (Å²) in [6, 6.07) is 6.46. The molecule has 1 N–H and O–H groups in total. The van der Waals surface area contributed by atoms with Crippen molar-refractivity contribution in [3.63, 3.8) is 0 Å². The summed E-state index contributed by atoms with van der Waals surface area (Å²) in [5, 5.41) is 9.67. The highest BCUT2D eigenvalue weighted by Crippen LogP contribution is 2.31.